The van der Waals surface area contributed by atoms with Gasteiger partial charge in [0, 0.05) is 17.0 Å². The van der Waals surface area contributed by atoms with E-state index in [-0.39, 0.29) is 17.4 Å². The molecule has 0 amide bonds. The van der Waals surface area contributed by atoms with Crippen molar-refractivity contribution in [3.8, 4) is 5.75 Å². The second kappa shape index (κ2) is 9.28. The lowest BCUT2D eigenvalue weighted by atomic mass is 10.1. The topological polar surface area (TPSA) is 48.7 Å². The standard InChI is InChI=1S/C28H30O4Si/c1-5-30-27(29)18-21-20-31-26-19-22(16-17-25(21)26)32-33(28(2,3)4,23-12-8-6-9-13-23)24-14-10-7-11-15-24/h6-17,19-20H,5,18H2,1-4H3. The molecule has 0 N–H and O–H groups in total. The third-order valence-electron chi connectivity index (χ3n) is 5.96. The van der Waals surface area contributed by atoms with Gasteiger partial charge in [-0.15, -0.1) is 0 Å². The quantitative estimate of drug-likeness (QED) is 0.272. The molecular formula is C28H30O4Si. The third kappa shape index (κ3) is 4.46. The predicted octanol–water partition coefficient (Wildman–Crippen LogP) is 5.48. The Balaban J connectivity index is 1.79. The van der Waals surface area contributed by atoms with Gasteiger partial charge in [-0.1, -0.05) is 81.4 Å². The minimum absolute atomic E-state index is 0.136. The molecule has 5 heteroatoms. The molecule has 1 aromatic heterocycles. The summed E-state index contributed by atoms with van der Waals surface area (Å²) in [6.07, 6.45) is 1.82. The minimum atomic E-state index is -2.72. The summed E-state index contributed by atoms with van der Waals surface area (Å²) in [6, 6.07) is 27.0. The molecule has 3 aromatic carbocycles. The van der Waals surface area contributed by atoms with E-state index in [9.17, 15) is 4.79 Å². The largest absolute Gasteiger partial charge is 0.534 e. The summed E-state index contributed by atoms with van der Waals surface area (Å²) < 4.78 is 18.0. The molecular weight excluding hydrogens is 428 g/mol. The van der Waals surface area contributed by atoms with Crippen LogP contribution in [0.2, 0.25) is 5.04 Å². The Hall–Kier alpha value is -3.31. The Morgan fingerprint density at radius 3 is 2.06 bits per heavy atom. The Morgan fingerprint density at radius 2 is 1.52 bits per heavy atom. The van der Waals surface area contributed by atoms with Gasteiger partial charge in [-0.05, 0) is 34.5 Å². The summed E-state index contributed by atoms with van der Waals surface area (Å²) in [5, 5.41) is 3.19. The number of hydrogen-bond acceptors (Lipinski definition) is 4. The minimum Gasteiger partial charge on any atom is -0.534 e. The van der Waals surface area contributed by atoms with Crippen LogP contribution in [0.4, 0.5) is 0 Å². The highest BCUT2D eigenvalue weighted by atomic mass is 28.4. The average molecular weight is 459 g/mol. The first-order valence-electron chi connectivity index (χ1n) is 11.3. The van der Waals surface area contributed by atoms with Crippen LogP contribution in [0.5, 0.6) is 5.75 Å². The van der Waals surface area contributed by atoms with Crippen LogP contribution in [0, 0.1) is 0 Å². The van der Waals surface area contributed by atoms with Gasteiger partial charge in [0.15, 0.2) is 0 Å². The average Bonchev–Trinajstić information content (AvgIpc) is 3.19. The van der Waals surface area contributed by atoms with E-state index in [1.165, 1.54) is 10.4 Å². The fourth-order valence-electron chi connectivity index (χ4n) is 4.46. The number of esters is 1. The first-order valence-corrected chi connectivity index (χ1v) is 13.2. The van der Waals surface area contributed by atoms with Crippen LogP contribution in [0.3, 0.4) is 0 Å². The molecule has 0 aliphatic heterocycles. The molecule has 4 rings (SSSR count). The molecule has 4 aromatic rings. The Bertz CT molecular complexity index is 1180. The fraction of sp³-hybridized carbons (Fsp3) is 0.250. The van der Waals surface area contributed by atoms with E-state index < -0.39 is 8.32 Å². The zero-order chi connectivity index (χ0) is 23.5. The SMILES string of the molecule is CCOC(=O)Cc1coc2cc(O[Si](c3ccccc3)(c3ccccc3)C(C)(C)C)ccc12. The number of carbonyl (C=O) groups excluding carboxylic acids is 1. The van der Waals surface area contributed by atoms with Crippen LogP contribution in [0.1, 0.15) is 33.3 Å². The van der Waals surface area contributed by atoms with E-state index in [0.717, 1.165) is 16.7 Å². The number of ether oxygens (including phenoxy) is 1. The van der Waals surface area contributed by atoms with Crippen LogP contribution in [-0.4, -0.2) is 20.9 Å². The van der Waals surface area contributed by atoms with Crippen LogP contribution in [0.25, 0.3) is 11.0 Å². The molecule has 4 nitrogen and oxygen atoms in total. The number of fused-ring (bicyclic) bond motifs is 1. The maximum atomic E-state index is 11.9. The summed E-state index contributed by atoms with van der Waals surface area (Å²) in [5.41, 5.74) is 1.52. The van der Waals surface area contributed by atoms with Crippen molar-refractivity contribution in [1.29, 1.82) is 0 Å². The predicted molar refractivity (Wildman–Crippen MR) is 135 cm³/mol. The summed E-state index contributed by atoms with van der Waals surface area (Å²) in [5.74, 6) is 0.502. The third-order valence-corrected chi connectivity index (χ3v) is 10.9. The summed E-state index contributed by atoms with van der Waals surface area (Å²) in [7, 11) is -2.72. The van der Waals surface area contributed by atoms with Crippen LogP contribution in [0.15, 0.2) is 89.5 Å². The van der Waals surface area contributed by atoms with Gasteiger partial charge < -0.3 is 13.6 Å². The second-order valence-corrected chi connectivity index (χ2v) is 13.4. The maximum absolute atomic E-state index is 11.9. The fourth-order valence-corrected chi connectivity index (χ4v) is 8.87. The molecule has 0 fully saturated rings. The molecule has 170 valence electrons. The van der Waals surface area contributed by atoms with Crippen molar-refractivity contribution in [3.63, 3.8) is 0 Å². The van der Waals surface area contributed by atoms with Crippen molar-refractivity contribution in [2.45, 2.75) is 39.2 Å². The zero-order valence-electron chi connectivity index (χ0n) is 19.6. The molecule has 0 unspecified atom stereocenters. The van der Waals surface area contributed by atoms with Crippen molar-refractivity contribution < 1.29 is 18.4 Å². The Kier molecular flexibility index (Phi) is 6.43. The van der Waals surface area contributed by atoms with Crippen molar-refractivity contribution in [2.24, 2.45) is 0 Å². The van der Waals surface area contributed by atoms with Crippen LogP contribution >= 0.6 is 0 Å². The number of carbonyl (C=O) groups is 1. The highest BCUT2D eigenvalue weighted by molar-refractivity contribution is 7.00. The normalized spacial score (nSPS) is 12.0. The molecule has 1 heterocycles. The number of hydrogen-bond donors (Lipinski definition) is 0. The Morgan fingerprint density at radius 1 is 0.909 bits per heavy atom. The number of furan rings is 1. The monoisotopic (exact) mass is 458 g/mol. The van der Waals surface area contributed by atoms with Gasteiger partial charge in [-0.2, -0.15) is 0 Å². The van der Waals surface area contributed by atoms with Crippen molar-refractivity contribution in [1.82, 2.24) is 0 Å². The van der Waals surface area contributed by atoms with Crippen LogP contribution < -0.4 is 14.8 Å². The van der Waals surface area contributed by atoms with E-state index in [1.54, 1.807) is 13.2 Å². The smallest absolute Gasteiger partial charge is 0.319 e. The molecule has 0 saturated carbocycles. The summed E-state index contributed by atoms with van der Waals surface area (Å²) in [4.78, 5) is 11.9. The van der Waals surface area contributed by atoms with E-state index in [0.29, 0.717) is 12.2 Å². The van der Waals surface area contributed by atoms with Crippen molar-refractivity contribution in [2.75, 3.05) is 6.61 Å². The number of benzene rings is 3. The molecule has 0 saturated heterocycles. The Labute approximate surface area is 196 Å². The second-order valence-electron chi connectivity index (χ2n) is 9.17. The highest BCUT2D eigenvalue weighted by Crippen LogP contribution is 2.38. The van der Waals surface area contributed by atoms with E-state index in [4.69, 9.17) is 13.6 Å². The van der Waals surface area contributed by atoms with Gasteiger partial charge >= 0.3 is 14.3 Å². The first-order chi connectivity index (χ1) is 15.8. The molecule has 0 atom stereocenters. The van der Waals surface area contributed by atoms with Gasteiger partial charge in [0.25, 0.3) is 0 Å². The van der Waals surface area contributed by atoms with E-state index in [2.05, 4.69) is 69.3 Å². The molecule has 0 aliphatic rings. The van der Waals surface area contributed by atoms with Gasteiger partial charge in [-0.3, -0.25) is 4.79 Å². The zero-order valence-corrected chi connectivity index (χ0v) is 20.6. The maximum Gasteiger partial charge on any atom is 0.319 e. The highest BCUT2D eigenvalue weighted by Gasteiger charge is 2.52. The first kappa shape index (κ1) is 22.9. The van der Waals surface area contributed by atoms with Crippen LogP contribution in [-0.2, 0) is 16.0 Å². The van der Waals surface area contributed by atoms with Gasteiger partial charge in [-0.25, -0.2) is 0 Å². The molecule has 33 heavy (non-hydrogen) atoms. The molecule has 0 aliphatic carbocycles. The lowest BCUT2D eigenvalue weighted by molar-refractivity contribution is -0.142. The van der Waals surface area contributed by atoms with E-state index in [1.807, 2.05) is 30.3 Å². The summed E-state index contributed by atoms with van der Waals surface area (Å²) in [6.45, 7) is 8.93. The molecule has 0 spiro atoms. The molecule has 0 radical (unpaired) electrons. The van der Waals surface area contributed by atoms with Gasteiger partial charge in [0.1, 0.15) is 11.3 Å². The van der Waals surface area contributed by atoms with Crippen molar-refractivity contribution in [3.05, 3.63) is 90.7 Å². The summed E-state index contributed by atoms with van der Waals surface area (Å²) >= 11 is 0. The lowest BCUT2D eigenvalue weighted by Crippen LogP contribution is -2.68. The van der Waals surface area contributed by atoms with Gasteiger partial charge in [0.05, 0.1) is 19.3 Å². The van der Waals surface area contributed by atoms with Gasteiger partial charge in [0.2, 0.25) is 0 Å². The lowest BCUT2D eigenvalue weighted by Gasteiger charge is -2.43. The number of rotatable bonds is 7. The van der Waals surface area contributed by atoms with Crippen molar-refractivity contribution >= 4 is 35.6 Å². The molecule has 0 bridgehead atoms. The van der Waals surface area contributed by atoms with E-state index >= 15 is 0 Å².